The maximum Gasteiger partial charge on any atom is 0.315 e. The van der Waals surface area contributed by atoms with Crippen molar-refractivity contribution >= 4 is 43.7 Å². The maximum atomic E-state index is 12.6. The van der Waals surface area contributed by atoms with Crippen molar-refractivity contribution in [2.75, 3.05) is 26.0 Å². The number of esters is 1. The topological polar surface area (TPSA) is 63.7 Å². The van der Waals surface area contributed by atoms with E-state index < -0.39 is 10.0 Å². The fourth-order valence-electron chi connectivity index (χ4n) is 2.09. The second-order valence-electron chi connectivity index (χ2n) is 4.59. The van der Waals surface area contributed by atoms with Crippen LogP contribution < -0.4 is 0 Å². The van der Waals surface area contributed by atoms with Crippen molar-refractivity contribution < 1.29 is 17.9 Å². The van der Waals surface area contributed by atoms with E-state index in [0.29, 0.717) is 17.6 Å². The maximum absolute atomic E-state index is 12.6. The van der Waals surface area contributed by atoms with E-state index in [2.05, 4.69) is 20.7 Å². The summed E-state index contributed by atoms with van der Waals surface area (Å²) >= 11 is 4.72. The van der Waals surface area contributed by atoms with Gasteiger partial charge in [-0.05, 0) is 34.5 Å². The monoisotopic (exact) mass is 393 g/mol. The van der Waals surface area contributed by atoms with Crippen LogP contribution in [0.1, 0.15) is 6.42 Å². The first kappa shape index (κ1) is 16.8. The van der Waals surface area contributed by atoms with Crippen molar-refractivity contribution in [3.63, 3.8) is 0 Å². The van der Waals surface area contributed by atoms with Crippen LogP contribution in [0, 0.1) is 0 Å². The van der Waals surface area contributed by atoms with Gasteiger partial charge < -0.3 is 4.74 Å². The molecule has 116 valence electrons. The lowest BCUT2D eigenvalue weighted by Crippen LogP contribution is -2.29. The lowest BCUT2D eigenvalue weighted by molar-refractivity contribution is -0.137. The summed E-state index contributed by atoms with van der Waals surface area (Å²) in [6.45, 7) is 0.897. The van der Waals surface area contributed by atoms with Crippen molar-refractivity contribution in [2.45, 2.75) is 16.6 Å². The van der Waals surface area contributed by atoms with Crippen LogP contribution in [0.4, 0.5) is 0 Å². The number of carbonyl (C=O) groups is 1. The third-order valence-electron chi connectivity index (χ3n) is 3.23. The average molecular weight is 394 g/mol. The summed E-state index contributed by atoms with van der Waals surface area (Å²) in [5.41, 5.74) is 0. The number of thioether (sulfide) groups is 1. The minimum atomic E-state index is -3.49. The first-order valence-electron chi connectivity index (χ1n) is 6.38. The number of sulfonamides is 1. The van der Waals surface area contributed by atoms with E-state index in [1.807, 2.05) is 0 Å². The summed E-state index contributed by atoms with van der Waals surface area (Å²) in [7, 11) is -2.14. The number of hydrogen-bond donors (Lipinski definition) is 0. The van der Waals surface area contributed by atoms with Gasteiger partial charge in [-0.15, -0.1) is 11.8 Å². The van der Waals surface area contributed by atoms with Crippen molar-refractivity contribution in [3.05, 3.63) is 28.7 Å². The molecule has 0 aromatic heterocycles. The van der Waals surface area contributed by atoms with Crippen LogP contribution >= 0.6 is 27.7 Å². The second kappa shape index (κ2) is 7.13. The van der Waals surface area contributed by atoms with Gasteiger partial charge in [-0.25, -0.2) is 8.42 Å². The Morgan fingerprint density at radius 2 is 2.19 bits per heavy atom. The Morgan fingerprint density at radius 3 is 2.86 bits per heavy atom. The Bertz CT molecular complexity index is 620. The van der Waals surface area contributed by atoms with Gasteiger partial charge in [0.25, 0.3) is 0 Å². The molecule has 21 heavy (non-hydrogen) atoms. The number of rotatable bonds is 5. The molecular weight excluding hydrogens is 378 g/mol. The van der Waals surface area contributed by atoms with Gasteiger partial charge in [-0.1, -0.05) is 12.1 Å². The van der Waals surface area contributed by atoms with E-state index in [9.17, 15) is 13.2 Å². The highest BCUT2D eigenvalue weighted by Gasteiger charge is 2.33. The SMILES string of the molecule is COC(=O)CS[C@H]1CCN(S(=O)(=O)c2ccccc2Br)C1. The third kappa shape index (κ3) is 4.00. The normalized spacial score (nSPS) is 19.6. The minimum absolute atomic E-state index is 0.126. The largest absolute Gasteiger partial charge is 0.468 e. The molecule has 1 aromatic carbocycles. The molecule has 1 atom stereocenters. The molecule has 8 heteroatoms. The molecule has 1 aliphatic rings. The molecule has 0 N–H and O–H groups in total. The lowest BCUT2D eigenvalue weighted by atomic mass is 10.4. The number of halogens is 1. The van der Waals surface area contributed by atoms with E-state index in [1.54, 1.807) is 24.3 Å². The van der Waals surface area contributed by atoms with Crippen LogP contribution in [0.3, 0.4) is 0 Å². The smallest absolute Gasteiger partial charge is 0.315 e. The van der Waals surface area contributed by atoms with Gasteiger partial charge in [0.15, 0.2) is 0 Å². The summed E-state index contributed by atoms with van der Waals surface area (Å²) in [6, 6.07) is 6.79. The first-order valence-corrected chi connectivity index (χ1v) is 9.66. The van der Waals surface area contributed by atoms with E-state index in [0.717, 1.165) is 6.42 Å². The van der Waals surface area contributed by atoms with E-state index in [4.69, 9.17) is 0 Å². The fraction of sp³-hybridized carbons (Fsp3) is 0.462. The molecule has 0 radical (unpaired) electrons. The molecule has 1 saturated heterocycles. The number of nitrogens with zero attached hydrogens (tertiary/aromatic N) is 1. The number of ether oxygens (including phenoxy) is 1. The molecular formula is C13H16BrNO4S2. The predicted molar refractivity (Wildman–Crippen MR) is 85.8 cm³/mol. The van der Waals surface area contributed by atoms with Gasteiger partial charge in [0.1, 0.15) is 0 Å². The summed E-state index contributed by atoms with van der Waals surface area (Å²) < 4.78 is 31.8. The summed E-state index contributed by atoms with van der Waals surface area (Å²) in [6.07, 6.45) is 0.741. The highest BCUT2D eigenvalue weighted by Crippen LogP contribution is 2.30. The number of carbonyl (C=O) groups excluding carboxylic acids is 1. The van der Waals surface area contributed by atoms with Gasteiger partial charge in [-0.2, -0.15) is 4.31 Å². The Morgan fingerprint density at radius 1 is 1.48 bits per heavy atom. The van der Waals surface area contributed by atoms with E-state index in [1.165, 1.54) is 23.2 Å². The molecule has 0 unspecified atom stereocenters. The average Bonchev–Trinajstić information content (AvgIpc) is 2.94. The highest BCUT2D eigenvalue weighted by atomic mass is 79.9. The zero-order chi connectivity index (χ0) is 15.5. The van der Waals surface area contributed by atoms with Crippen LogP contribution in [0.2, 0.25) is 0 Å². The standard InChI is InChI=1S/C13H16BrNO4S2/c1-19-13(16)9-20-10-6-7-15(8-10)21(17,18)12-5-3-2-4-11(12)14/h2-5,10H,6-9H2,1H3/t10-/m0/s1. The molecule has 1 aromatic rings. The van der Waals surface area contributed by atoms with Gasteiger partial charge in [-0.3, -0.25) is 4.79 Å². The molecule has 0 bridgehead atoms. The highest BCUT2D eigenvalue weighted by molar-refractivity contribution is 9.10. The molecule has 1 aliphatic heterocycles. The Hall–Kier alpha value is -0.570. The number of benzene rings is 1. The summed E-state index contributed by atoms with van der Waals surface area (Å²) in [5, 5.41) is 0.126. The van der Waals surface area contributed by atoms with Crippen LogP contribution in [-0.2, 0) is 19.6 Å². The van der Waals surface area contributed by atoms with Crippen LogP contribution in [-0.4, -0.2) is 49.9 Å². The van der Waals surface area contributed by atoms with Gasteiger partial charge >= 0.3 is 5.97 Å². The molecule has 0 amide bonds. The van der Waals surface area contributed by atoms with Crippen LogP contribution in [0.5, 0.6) is 0 Å². The Labute approximate surface area is 137 Å². The molecule has 1 heterocycles. The first-order chi connectivity index (χ1) is 9.95. The third-order valence-corrected chi connectivity index (χ3v) is 7.36. The van der Waals surface area contributed by atoms with Crippen molar-refractivity contribution in [1.82, 2.24) is 4.31 Å². The Balaban J connectivity index is 2.04. The number of methoxy groups -OCH3 is 1. The number of hydrogen-bond acceptors (Lipinski definition) is 5. The zero-order valence-corrected chi connectivity index (χ0v) is 14.7. The fourth-order valence-corrected chi connectivity index (χ4v) is 5.69. The van der Waals surface area contributed by atoms with Crippen molar-refractivity contribution in [2.24, 2.45) is 0 Å². The molecule has 0 aliphatic carbocycles. The quantitative estimate of drug-likeness (QED) is 0.716. The minimum Gasteiger partial charge on any atom is -0.468 e. The predicted octanol–water partition coefficient (Wildman–Crippen LogP) is 2.12. The second-order valence-corrected chi connectivity index (χ2v) is 8.64. The molecule has 2 rings (SSSR count). The van der Waals surface area contributed by atoms with Crippen LogP contribution in [0.15, 0.2) is 33.6 Å². The molecule has 0 spiro atoms. The van der Waals surface area contributed by atoms with Gasteiger partial charge in [0, 0.05) is 22.8 Å². The summed E-state index contributed by atoms with van der Waals surface area (Å²) in [4.78, 5) is 11.4. The summed E-state index contributed by atoms with van der Waals surface area (Å²) in [5.74, 6) is -0.0310. The lowest BCUT2D eigenvalue weighted by Gasteiger charge is -2.17. The van der Waals surface area contributed by atoms with E-state index in [-0.39, 0.29) is 21.9 Å². The Kier molecular flexibility index (Phi) is 5.70. The molecule has 5 nitrogen and oxygen atoms in total. The van der Waals surface area contributed by atoms with Crippen molar-refractivity contribution in [1.29, 1.82) is 0 Å². The van der Waals surface area contributed by atoms with Crippen molar-refractivity contribution in [3.8, 4) is 0 Å². The van der Waals surface area contributed by atoms with Crippen LogP contribution in [0.25, 0.3) is 0 Å². The molecule has 0 saturated carbocycles. The molecule has 1 fully saturated rings. The van der Waals surface area contributed by atoms with Gasteiger partial charge in [0.05, 0.1) is 17.8 Å². The van der Waals surface area contributed by atoms with E-state index >= 15 is 0 Å². The van der Waals surface area contributed by atoms with Gasteiger partial charge in [0.2, 0.25) is 10.0 Å². The zero-order valence-electron chi connectivity index (χ0n) is 11.5.